The van der Waals surface area contributed by atoms with Gasteiger partial charge in [0, 0.05) is 12.8 Å². The molecule has 0 bridgehead atoms. The lowest BCUT2D eigenvalue weighted by molar-refractivity contribution is -0.119. The number of fused-ring (bicyclic) bond motifs is 1. The number of amides is 1. The molecular formula is C20H21N3O5S3. The van der Waals surface area contributed by atoms with Crippen molar-refractivity contribution in [3.63, 3.8) is 0 Å². The smallest absolute Gasteiger partial charge is 0.244 e. The third-order valence-corrected chi connectivity index (χ3v) is 9.12. The van der Waals surface area contributed by atoms with Crippen LogP contribution in [0.4, 0.5) is 5.13 Å². The monoisotopic (exact) mass is 479 g/mol. The number of anilines is 1. The summed E-state index contributed by atoms with van der Waals surface area (Å²) in [6.45, 7) is 2.14. The minimum absolute atomic E-state index is 0.158. The molecule has 1 aromatic heterocycles. The Labute approximate surface area is 184 Å². The first-order chi connectivity index (χ1) is 14.6. The van der Waals surface area contributed by atoms with Crippen molar-refractivity contribution in [1.29, 1.82) is 0 Å². The second kappa shape index (κ2) is 7.97. The Hall–Kier alpha value is -2.34. The number of nitrogens with zero attached hydrogens (tertiary/aromatic N) is 2. The molecule has 3 aromatic rings. The van der Waals surface area contributed by atoms with Gasteiger partial charge in [0.1, 0.15) is 6.04 Å². The number of sulfonamides is 1. The van der Waals surface area contributed by atoms with Gasteiger partial charge in [0.05, 0.1) is 20.0 Å². The summed E-state index contributed by atoms with van der Waals surface area (Å²) < 4.78 is 51.5. The highest BCUT2D eigenvalue weighted by atomic mass is 32.2. The molecular weight excluding hydrogens is 458 g/mol. The molecule has 1 unspecified atom stereocenters. The highest BCUT2D eigenvalue weighted by molar-refractivity contribution is 7.90. The molecule has 1 saturated heterocycles. The van der Waals surface area contributed by atoms with E-state index in [2.05, 4.69) is 10.3 Å². The molecule has 1 amide bonds. The molecule has 0 radical (unpaired) electrons. The van der Waals surface area contributed by atoms with E-state index in [4.69, 9.17) is 0 Å². The van der Waals surface area contributed by atoms with Gasteiger partial charge >= 0.3 is 0 Å². The quantitative estimate of drug-likeness (QED) is 0.602. The summed E-state index contributed by atoms with van der Waals surface area (Å²) in [7, 11) is -7.16. The molecule has 11 heteroatoms. The number of sulfone groups is 1. The van der Waals surface area contributed by atoms with Crippen LogP contribution < -0.4 is 5.32 Å². The summed E-state index contributed by atoms with van der Waals surface area (Å²) in [5, 5.41) is 3.00. The topological polar surface area (TPSA) is 114 Å². The molecule has 0 saturated carbocycles. The number of carbonyl (C=O) groups is 1. The van der Waals surface area contributed by atoms with E-state index in [0.717, 1.165) is 23.2 Å². The number of carbonyl (C=O) groups excluding carboxylic acids is 1. The fourth-order valence-corrected chi connectivity index (χ4v) is 6.80. The highest BCUT2D eigenvalue weighted by Crippen LogP contribution is 2.30. The van der Waals surface area contributed by atoms with Gasteiger partial charge in [0.15, 0.2) is 15.0 Å². The first-order valence-electron chi connectivity index (χ1n) is 9.56. The van der Waals surface area contributed by atoms with Crippen LogP contribution in [-0.4, -0.2) is 50.9 Å². The van der Waals surface area contributed by atoms with E-state index in [0.29, 0.717) is 28.2 Å². The molecule has 0 aliphatic carbocycles. The summed E-state index contributed by atoms with van der Waals surface area (Å²) in [6, 6.07) is 10.3. The van der Waals surface area contributed by atoms with Crippen LogP contribution in [0.1, 0.15) is 18.4 Å². The maximum Gasteiger partial charge on any atom is 0.244 e. The molecule has 2 aromatic carbocycles. The van der Waals surface area contributed by atoms with Crippen molar-refractivity contribution in [3.8, 4) is 0 Å². The summed E-state index contributed by atoms with van der Waals surface area (Å²) in [5.41, 5.74) is 1.51. The zero-order valence-electron chi connectivity index (χ0n) is 16.9. The third-order valence-electron chi connectivity index (χ3n) is 5.15. The number of thiazole rings is 1. The fourth-order valence-electron chi connectivity index (χ4n) is 3.51. The van der Waals surface area contributed by atoms with Gasteiger partial charge in [-0.1, -0.05) is 29.0 Å². The van der Waals surface area contributed by atoms with Crippen LogP contribution in [0.5, 0.6) is 0 Å². The Morgan fingerprint density at radius 1 is 1.10 bits per heavy atom. The second-order valence-electron chi connectivity index (χ2n) is 7.50. The second-order valence-corrected chi connectivity index (χ2v) is 12.4. The van der Waals surface area contributed by atoms with Gasteiger partial charge in [-0.25, -0.2) is 21.8 Å². The van der Waals surface area contributed by atoms with E-state index in [-0.39, 0.29) is 16.3 Å². The number of hydrogen-bond donors (Lipinski definition) is 1. The van der Waals surface area contributed by atoms with Gasteiger partial charge in [-0.15, -0.1) is 0 Å². The van der Waals surface area contributed by atoms with Crippen LogP contribution >= 0.6 is 11.3 Å². The Balaban J connectivity index is 1.57. The fraction of sp³-hybridized carbons (Fsp3) is 0.300. The molecule has 2 heterocycles. The van der Waals surface area contributed by atoms with Gasteiger partial charge < -0.3 is 5.32 Å². The summed E-state index contributed by atoms with van der Waals surface area (Å²) >= 11 is 1.15. The van der Waals surface area contributed by atoms with Crippen molar-refractivity contribution < 1.29 is 21.6 Å². The maximum atomic E-state index is 13.1. The summed E-state index contributed by atoms with van der Waals surface area (Å²) in [4.78, 5) is 17.6. The number of nitrogens with one attached hydrogen (secondary N) is 1. The normalized spacial score (nSPS) is 17.8. The molecule has 4 rings (SSSR count). The molecule has 1 aliphatic heterocycles. The molecule has 1 atom stereocenters. The van der Waals surface area contributed by atoms with Crippen LogP contribution in [0.2, 0.25) is 0 Å². The minimum Gasteiger partial charge on any atom is -0.301 e. The SMILES string of the molecule is Cc1ccc(S(=O)(=O)N2CCCC2C(=O)Nc2nc3ccc(S(C)(=O)=O)cc3s2)cc1. The number of benzene rings is 2. The van der Waals surface area contributed by atoms with E-state index in [1.165, 1.54) is 16.4 Å². The largest absolute Gasteiger partial charge is 0.301 e. The van der Waals surface area contributed by atoms with Crippen molar-refractivity contribution in [2.45, 2.75) is 35.6 Å². The van der Waals surface area contributed by atoms with E-state index in [1.807, 2.05) is 6.92 Å². The minimum atomic E-state index is -3.80. The standard InChI is InChI=1S/C20H21N3O5S3/c1-13-5-7-14(8-6-13)31(27,28)23-11-3-4-17(23)19(24)22-20-21-16-10-9-15(30(2,25)26)12-18(16)29-20/h5-10,12,17H,3-4,11H2,1-2H3,(H,21,22,24). The maximum absolute atomic E-state index is 13.1. The zero-order chi connectivity index (χ0) is 22.4. The van der Waals surface area contributed by atoms with Crippen LogP contribution in [0.25, 0.3) is 10.2 Å². The van der Waals surface area contributed by atoms with Gasteiger partial charge in [-0.05, 0) is 50.1 Å². The molecule has 0 spiro atoms. The molecule has 164 valence electrons. The van der Waals surface area contributed by atoms with E-state index >= 15 is 0 Å². The lowest BCUT2D eigenvalue weighted by Gasteiger charge is -2.23. The van der Waals surface area contributed by atoms with Crippen molar-refractivity contribution in [2.75, 3.05) is 18.1 Å². The number of aromatic nitrogens is 1. The predicted octanol–water partition coefficient (Wildman–Crippen LogP) is 2.80. The third kappa shape index (κ3) is 4.36. The molecule has 1 fully saturated rings. The zero-order valence-corrected chi connectivity index (χ0v) is 19.4. The average molecular weight is 480 g/mol. The first-order valence-corrected chi connectivity index (χ1v) is 13.7. The lowest BCUT2D eigenvalue weighted by Crippen LogP contribution is -2.43. The van der Waals surface area contributed by atoms with Gasteiger partial charge in [-0.2, -0.15) is 4.31 Å². The van der Waals surface area contributed by atoms with Gasteiger partial charge in [0.2, 0.25) is 15.9 Å². The van der Waals surface area contributed by atoms with Crippen molar-refractivity contribution in [3.05, 3.63) is 48.0 Å². The van der Waals surface area contributed by atoms with E-state index in [1.54, 1.807) is 30.3 Å². The lowest BCUT2D eigenvalue weighted by atomic mass is 10.2. The van der Waals surface area contributed by atoms with E-state index < -0.39 is 31.8 Å². The average Bonchev–Trinajstić information content (AvgIpc) is 3.34. The molecule has 8 nitrogen and oxygen atoms in total. The molecule has 1 aliphatic rings. The van der Waals surface area contributed by atoms with E-state index in [9.17, 15) is 21.6 Å². The van der Waals surface area contributed by atoms with Crippen molar-refractivity contribution >= 4 is 52.5 Å². The van der Waals surface area contributed by atoms with Crippen molar-refractivity contribution in [1.82, 2.24) is 9.29 Å². The number of aryl methyl sites for hydroxylation is 1. The summed E-state index contributed by atoms with van der Waals surface area (Å²) in [5.74, 6) is -0.449. The Morgan fingerprint density at radius 3 is 2.45 bits per heavy atom. The van der Waals surface area contributed by atoms with Crippen LogP contribution in [0, 0.1) is 6.92 Å². The van der Waals surface area contributed by atoms with Crippen LogP contribution in [0.15, 0.2) is 52.3 Å². The Bertz CT molecular complexity index is 1360. The van der Waals surface area contributed by atoms with Gasteiger partial charge in [-0.3, -0.25) is 4.79 Å². The predicted molar refractivity (Wildman–Crippen MR) is 119 cm³/mol. The Kier molecular flexibility index (Phi) is 5.63. The summed E-state index contributed by atoms with van der Waals surface area (Å²) in [6.07, 6.45) is 2.13. The first kappa shape index (κ1) is 21.9. The highest BCUT2D eigenvalue weighted by Gasteiger charge is 2.39. The van der Waals surface area contributed by atoms with Crippen LogP contribution in [0.3, 0.4) is 0 Å². The van der Waals surface area contributed by atoms with Gasteiger partial charge in [0.25, 0.3) is 0 Å². The molecule has 1 N–H and O–H groups in total. The van der Waals surface area contributed by atoms with Crippen molar-refractivity contribution in [2.24, 2.45) is 0 Å². The number of hydrogen-bond acceptors (Lipinski definition) is 7. The Morgan fingerprint density at radius 2 is 1.77 bits per heavy atom. The molecule has 31 heavy (non-hydrogen) atoms. The number of rotatable bonds is 5. The van der Waals surface area contributed by atoms with Crippen LogP contribution in [-0.2, 0) is 24.7 Å².